The number of carbonyl (C=O) groups excluding carboxylic acids is 1. The highest BCUT2D eigenvalue weighted by Gasteiger charge is 2.07. The molecule has 0 atom stereocenters. The quantitative estimate of drug-likeness (QED) is 0.620. The Morgan fingerprint density at radius 1 is 1.54 bits per heavy atom. The topological polar surface area (TPSA) is 34.9 Å². The lowest BCUT2D eigenvalue weighted by molar-refractivity contribution is 0.112. The average Bonchev–Trinajstić information content (AvgIpc) is 2.48. The maximum Gasteiger partial charge on any atom is 0.150 e. The van der Waals surface area contributed by atoms with Crippen LogP contribution in [0.15, 0.2) is 18.3 Å². The number of benzene rings is 1. The number of fused-ring (bicyclic) bond motifs is 1. The van der Waals surface area contributed by atoms with Crippen LogP contribution in [-0.2, 0) is 7.05 Å². The summed E-state index contributed by atoms with van der Waals surface area (Å²) in [5.74, 6) is -0.417. The van der Waals surface area contributed by atoms with E-state index in [-0.39, 0.29) is 0 Å². The van der Waals surface area contributed by atoms with E-state index in [0.29, 0.717) is 22.8 Å². The summed E-state index contributed by atoms with van der Waals surface area (Å²) >= 11 is 0. The van der Waals surface area contributed by atoms with Crippen molar-refractivity contribution >= 4 is 17.2 Å². The number of rotatable bonds is 1. The van der Waals surface area contributed by atoms with Gasteiger partial charge in [-0.15, -0.1) is 0 Å². The molecular weight excluding hydrogens is 171 g/mol. The van der Waals surface area contributed by atoms with Gasteiger partial charge >= 0.3 is 0 Å². The van der Waals surface area contributed by atoms with Crippen molar-refractivity contribution in [3.8, 4) is 0 Å². The first kappa shape index (κ1) is 7.91. The van der Waals surface area contributed by atoms with Gasteiger partial charge in [0.15, 0.2) is 0 Å². The standard InChI is InChI=1S/C9H7FN2O/c1-12-9-7(4-11-12)2-6(5-13)3-8(9)10/h2-5H,1H3. The van der Waals surface area contributed by atoms with Crippen LogP contribution >= 0.6 is 0 Å². The zero-order chi connectivity index (χ0) is 9.42. The van der Waals surface area contributed by atoms with Crippen LogP contribution in [0.5, 0.6) is 0 Å². The van der Waals surface area contributed by atoms with Crippen molar-refractivity contribution in [2.45, 2.75) is 0 Å². The second kappa shape index (κ2) is 2.65. The number of halogens is 1. The molecule has 4 heteroatoms. The van der Waals surface area contributed by atoms with Crippen molar-refractivity contribution in [3.63, 3.8) is 0 Å². The lowest BCUT2D eigenvalue weighted by Gasteiger charge is -1.96. The van der Waals surface area contributed by atoms with Crippen LogP contribution < -0.4 is 0 Å². The molecule has 0 fully saturated rings. The Hall–Kier alpha value is -1.71. The van der Waals surface area contributed by atoms with E-state index in [2.05, 4.69) is 5.10 Å². The number of hydrogen-bond acceptors (Lipinski definition) is 2. The maximum atomic E-state index is 13.3. The van der Waals surface area contributed by atoms with Crippen molar-refractivity contribution in [1.82, 2.24) is 9.78 Å². The minimum absolute atomic E-state index is 0.331. The first-order valence-electron chi connectivity index (χ1n) is 3.79. The SMILES string of the molecule is Cn1ncc2cc(C=O)cc(F)c21. The third-order valence-corrected chi connectivity index (χ3v) is 1.94. The summed E-state index contributed by atoms with van der Waals surface area (Å²) in [7, 11) is 1.66. The van der Waals surface area contributed by atoms with Crippen molar-refractivity contribution in [1.29, 1.82) is 0 Å². The third-order valence-electron chi connectivity index (χ3n) is 1.94. The van der Waals surface area contributed by atoms with Crippen molar-refractivity contribution in [3.05, 3.63) is 29.7 Å². The average molecular weight is 178 g/mol. The molecule has 1 heterocycles. The number of aryl methyl sites for hydroxylation is 1. The Kier molecular flexibility index (Phi) is 1.62. The molecule has 0 radical (unpaired) electrons. The van der Waals surface area contributed by atoms with Crippen LogP contribution in [0.4, 0.5) is 4.39 Å². The van der Waals surface area contributed by atoms with E-state index in [0.717, 1.165) is 0 Å². The predicted octanol–water partition coefficient (Wildman–Crippen LogP) is 1.52. The van der Waals surface area contributed by atoms with Crippen molar-refractivity contribution < 1.29 is 9.18 Å². The van der Waals surface area contributed by atoms with Crippen LogP contribution in [0.1, 0.15) is 10.4 Å². The highest BCUT2D eigenvalue weighted by molar-refractivity contribution is 5.87. The summed E-state index contributed by atoms with van der Waals surface area (Å²) in [6.07, 6.45) is 2.15. The molecule has 0 saturated carbocycles. The summed E-state index contributed by atoms with van der Waals surface area (Å²) < 4.78 is 14.8. The molecule has 0 amide bonds. The predicted molar refractivity (Wildman–Crippen MR) is 46.1 cm³/mol. The zero-order valence-electron chi connectivity index (χ0n) is 6.99. The van der Waals surface area contributed by atoms with Crippen LogP contribution in [0, 0.1) is 5.82 Å². The van der Waals surface area contributed by atoms with E-state index in [1.54, 1.807) is 13.1 Å². The normalized spacial score (nSPS) is 10.6. The maximum absolute atomic E-state index is 13.3. The molecular formula is C9H7FN2O. The molecule has 3 nitrogen and oxygen atoms in total. The molecule has 0 unspecified atom stereocenters. The van der Waals surface area contributed by atoms with Gasteiger partial charge in [-0.2, -0.15) is 5.10 Å². The summed E-state index contributed by atoms with van der Waals surface area (Å²) in [6, 6.07) is 2.81. The molecule has 0 saturated heterocycles. The third kappa shape index (κ3) is 1.11. The molecule has 2 aromatic rings. The molecule has 0 bridgehead atoms. The fourth-order valence-corrected chi connectivity index (χ4v) is 1.36. The molecule has 0 spiro atoms. The van der Waals surface area contributed by atoms with Crippen LogP contribution in [-0.4, -0.2) is 16.1 Å². The number of carbonyl (C=O) groups is 1. The molecule has 0 aliphatic carbocycles. The fourth-order valence-electron chi connectivity index (χ4n) is 1.36. The molecule has 0 aliphatic rings. The lowest BCUT2D eigenvalue weighted by atomic mass is 10.2. The monoisotopic (exact) mass is 178 g/mol. The van der Waals surface area contributed by atoms with Gasteiger partial charge in [0.2, 0.25) is 0 Å². The summed E-state index contributed by atoms with van der Waals surface area (Å²) in [6.45, 7) is 0. The zero-order valence-corrected chi connectivity index (χ0v) is 6.99. The van der Waals surface area contributed by atoms with Crippen LogP contribution in [0.25, 0.3) is 10.9 Å². The summed E-state index contributed by atoms with van der Waals surface area (Å²) in [5.41, 5.74) is 0.753. The second-order valence-electron chi connectivity index (χ2n) is 2.83. The minimum atomic E-state index is -0.417. The molecule has 1 aromatic carbocycles. The molecule has 2 rings (SSSR count). The molecule has 13 heavy (non-hydrogen) atoms. The van der Waals surface area contributed by atoms with Gasteiger partial charge in [-0.3, -0.25) is 9.48 Å². The van der Waals surface area contributed by atoms with E-state index in [9.17, 15) is 9.18 Å². The molecule has 66 valence electrons. The van der Waals surface area contributed by atoms with E-state index in [1.807, 2.05) is 0 Å². The van der Waals surface area contributed by atoms with E-state index >= 15 is 0 Å². The van der Waals surface area contributed by atoms with Crippen LogP contribution in [0.3, 0.4) is 0 Å². The summed E-state index contributed by atoms with van der Waals surface area (Å²) in [5, 5.41) is 4.54. The van der Waals surface area contributed by atoms with Gasteiger partial charge in [0.05, 0.1) is 6.20 Å². The molecule has 0 aliphatic heterocycles. The van der Waals surface area contributed by atoms with Gasteiger partial charge < -0.3 is 0 Å². The Bertz CT molecular complexity index is 476. The van der Waals surface area contributed by atoms with E-state index in [1.165, 1.54) is 16.9 Å². The Balaban J connectivity index is 2.86. The summed E-state index contributed by atoms with van der Waals surface area (Å²) in [4.78, 5) is 10.4. The van der Waals surface area contributed by atoms with E-state index < -0.39 is 5.82 Å². The smallest absolute Gasteiger partial charge is 0.150 e. The Morgan fingerprint density at radius 2 is 2.31 bits per heavy atom. The molecule has 1 aromatic heterocycles. The Labute approximate surface area is 73.8 Å². The van der Waals surface area contributed by atoms with Gasteiger partial charge in [0.25, 0.3) is 0 Å². The molecule has 0 N–H and O–H groups in total. The van der Waals surface area contributed by atoms with Crippen molar-refractivity contribution in [2.24, 2.45) is 7.05 Å². The first-order valence-corrected chi connectivity index (χ1v) is 3.79. The first-order chi connectivity index (χ1) is 6.22. The number of nitrogens with zero attached hydrogens (tertiary/aromatic N) is 2. The largest absolute Gasteiger partial charge is 0.298 e. The lowest BCUT2D eigenvalue weighted by Crippen LogP contribution is -1.92. The fraction of sp³-hybridized carbons (Fsp3) is 0.111. The minimum Gasteiger partial charge on any atom is -0.298 e. The number of hydrogen-bond donors (Lipinski definition) is 0. The second-order valence-corrected chi connectivity index (χ2v) is 2.83. The van der Waals surface area contributed by atoms with Gasteiger partial charge in [0.1, 0.15) is 17.6 Å². The van der Waals surface area contributed by atoms with Gasteiger partial charge in [-0.05, 0) is 12.1 Å². The highest BCUT2D eigenvalue weighted by Crippen LogP contribution is 2.18. The van der Waals surface area contributed by atoms with Crippen LogP contribution in [0.2, 0.25) is 0 Å². The Morgan fingerprint density at radius 3 is 3.00 bits per heavy atom. The van der Waals surface area contributed by atoms with E-state index in [4.69, 9.17) is 0 Å². The van der Waals surface area contributed by atoms with Gasteiger partial charge in [-0.1, -0.05) is 0 Å². The van der Waals surface area contributed by atoms with Gasteiger partial charge in [-0.25, -0.2) is 4.39 Å². The highest BCUT2D eigenvalue weighted by atomic mass is 19.1. The number of aldehydes is 1. The van der Waals surface area contributed by atoms with Gasteiger partial charge in [0, 0.05) is 18.0 Å². The van der Waals surface area contributed by atoms with Crippen molar-refractivity contribution in [2.75, 3.05) is 0 Å². The number of aromatic nitrogens is 2.